The molecule has 1 heterocycles. The van der Waals surface area contributed by atoms with Gasteiger partial charge in [-0.2, -0.15) is 4.31 Å². The highest BCUT2D eigenvalue weighted by Crippen LogP contribution is 2.38. The van der Waals surface area contributed by atoms with Crippen LogP contribution in [0.1, 0.15) is 28.4 Å². The summed E-state index contributed by atoms with van der Waals surface area (Å²) in [5.41, 5.74) is 3.19. The Labute approximate surface area is 185 Å². The number of rotatable bonds is 6. The van der Waals surface area contributed by atoms with Crippen LogP contribution in [0.4, 0.5) is 5.69 Å². The first kappa shape index (κ1) is 21.7. The van der Waals surface area contributed by atoms with Gasteiger partial charge in [-0.1, -0.05) is 36.4 Å². The highest BCUT2D eigenvalue weighted by atomic mass is 32.2. The minimum Gasteiger partial charge on any atom is -0.462 e. The zero-order valence-corrected chi connectivity index (χ0v) is 18.0. The topological polar surface area (TPSA) is 107 Å². The molecule has 0 unspecified atom stereocenters. The monoisotopic (exact) mass is 452 g/mol. The molecule has 0 bridgehead atoms. The van der Waals surface area contributed by atoms with Gasteiger partial charge < -0.3 is 4.74 Å². The second-order valence-corrected chi connectivity index (χ2v) is 9.17. The van der Waals surface area contributed by atoms with Crippen LogP contribution in [-0.4, -0.2) is 30.2 Å². The third-order valence-electron chi connectivity index (χ3n) is 5.33. The van der Waals surface area contributed by atoms with E-state index in [1.54, 1.807) is 19.1 Å². The van der Waals surface area contributed by atoms with Crippen molar-refractivity contribution in [2.24, 2.45) is 0 Å². The Morgan fingerprint density at radius 2 is 1.72 bits per heavy atom. The Kier molecular flexibility index (Phi) is 5.77. The van der Waals surface area contributed by atoms with Crippen molar-refractivity contribution in [3.63, 3.8) is 0 Å². The lowest BCUT2D eigenvalue weighted by Crippen LogP contribution is -2.25. The normalized spacial score (nSPS) is 13.5. The molecular formula is C23H20N2O6S. The van der Waals surface area contributed by atoms with Crippen LogP contribution in [0.2, 0.25) is 0 Å². The zero-order valence-electron chi connectivity index (χ0n) is 17.2. The first-order chi connectivity index (χ1) is 15.3. The maximum absolute atomic E-state index is 13.2. The van der Waals surface area contributed by atoms with Crippen LogP contribution in [0.15, 0.2) is 71.6 Å². The van der Waals surface area contributed by atoms with Crippen molar-refractivity contribution >= 4 is 21.7 Å². The quantitative estimate of drug-likeness (QED) is 0.316. The van der Waals surface area contributed by atoms with Crippen LogP contribution < -0.4 is 0 Å². The van der Waals surface area contributed by atoms with E-state index in [9.17, 15) is 23.3 Å². The molecule has 32 heavy (non-hydrogen) atoms. The third kappa shape index (κ3) is 3.88. The fraction of sp³-hybridized carbons (Fsp3) is 0.174. The van der Waals surface area contributed by atoms with Gasteiger partial charge in [0.15, 0.2) is 0 Å². The Morgan fingerprint density at radius 3 is 2.34 bits per heavy atom. The molecule has 0 aromatic heterocycles. The molecule has 1 aliphatic rings. The molecule has 4 rings (SSSR count). The van der Waals surface area contributed by atoms with Crippen molar-refractivity contribution in [1.82, 2.24) is 4.31 Å². The SMILES string of the molecule is CCOC(=O)c1ccc2c(c1-c1ccccc1)CN(S(=O)(=O)c1ccc([N+](=O)[O-])cc1)C2. The van der Waals surface area contributed by atoms with Crippen molar-refractivity contribution in [2.45, 2.75) is 24.9 Å². The summed E-state index contributed by atoms with van der Waals surface area (Å²) in [5.74, 6) is -0.467. The van der Waals surface area contributed by atoms with E-state index in [-0.39, 0.29) is 30.3 Å². The summed E-state index contributed by atoms with van der Waals surface area (Å²) in [6.07, 6.45) is 0. The molecule has 9 heteroatoms. The van der Waals surface area contributed by atoms with Gasteiger partial charge in [-0.05, 0) is 41.8 Å². The molecule has 0 N–H and O–H groups in total. The van der Waals surface area contributed by atoms with E-state index in [1.807, 2.05) is 30.3 Å². The van der Waals surface area contributed by atoms with Gasteiger partial charge in [0, 0.05) is 30.8 Å². The summed E-state index contributed by atoms with van der Waals surface area (Å²) < 4.78 is 33.0. The predicted octanol–water partition coefficient (Wildman–Crippen LogP) is 4.14. The Bertz CT molecular complexity index is 1290. The summed E-state index contributed by atoms with van der Waals surface area (Å²) in [4.78, 5) is 22.9. The van der Waals surface area contributed by atoms with Gasteiger partial charge in [0.1, 0.15) is 0 Å². The number of non-ortho nitro benzene ring substituents is 1. The van der Waals surface area contributed by atoms with Crippen LogP contribution in [-0.2, 0) is 27.8 Å². The molecule has 0 saturated carbocycles. The summed E-state index contributed by atoms with van der Waals surface area (Å²) >= 11 is 0. The molecule has 0 radical (unpaired) electrons. The van der Waals surface area contributed by atoms with Crippen molar-refractivity contribution < 1.29 is 22.9 Å². The van der Waals surface area contributed by atoms with Gasteiger partial charge in [0.05, 0.1) is 22.0 Å². The second kappa shape index (κ2) is 8.52. The first-order valence-corrected chi connectivity index (χ1v) is 11.4. The van der Waals surface area contributed by atoms with Gasteiger partial charge in [0.2, 0.25) is 10.0 Å². The Hall–Kier alpha value is -3.56. The van der Waals surface area contributed by atoms with Crippen molar-refractivity contribution in [1.29, 1.82) is 0 Å². The second-order valence-electron chi connectivity index (χ2n) is 7.24. The maximum atomic E-state index is 13.2. The van der Waals surface area contributed by atoms with Gasteiger partial charge in [-0.15, -0.1) is 0 Å². The molecule has 0 amide bonds. The molecule has 164 valence electrons. The van der Waals surface area contributed by atoms with Gasteiger partial charge in [0.25, 0.3) is 5.69 Å². The highest BCUT2D eigenvalue weighted by molar-refractivity contribution is 7.89. The number of nitrogens with zero attached hydrogens (tertiary/aromatic N) is 2. The summed E-state index contributed by atoms with van der Waals surface area (Å²) in [6, 6.07) is 17.5. The zero-order chi connectivity index (χ0) is 22.9. The standard InChI is InChI=1S/C23H20N2O6S/c1-2-31-23(26)20-13-8-17-14-24(15-21(17)22(20)16-6-4-3-5-7-16)32(29,30)19-11-9-18(10-12-19)25(27)28/h3-13H,2,14-15H2,1H3. The third-order valence-corrected chi connectivity index (χ3v) is 7.14. The molecule has 0 atom stereocenters. The summed E-state index contributed by atoms with van der Waals surface area (Å²) in [6.45, 7) is 2.17. The molecular weight excluding hydrogens is 432 g/mol. The lowest BCUT2D eigenvalue weighted by atomic mass is 9.92. The van der Waals surface area contributed by atoms with Crippen molar-refractivity contribution in [3.8, 4) is 11.1 Å². The average molecular weight is 452 g/mol. The van der Waals surface area contributed by atoms with E-state index in [0.717, 1.165) is 16.7 Å². The van der Waals surface area contributed by atoms with E-state index >= 15 is 0 Å². The molecule has 0 fully saturated rings. The van der Waals surface area contributed by atoms with Crippen LogP contribution >= 0.6 is 0 Å². The molecule has 8 nitrogen and oxygen atoms in total. The van der Waals surface area contributed by atoms with E-state index in [1.165, 1.54) is 28.6 Å². The van der Waals surface area contributed by atoms with Crippen molar-refractivity contribution in [3.05, 3.63) is 93.5 Å². The highest BCUT2D eigenvalue weighted by Gasteiger charge is 2.34. The lowest BCUT2D eigenvalue weighted by molar-refractivity contribution is -0.384. The Morgan fingerprint density at radius 1 is 1.03 bits per heavy atom. The number of hydrogen-bond acceptors (Lipinski definition) is 6. The van der Waals surface area contributed by atoms with E-state index in [4.69, 9.17) is 4.74 Å². The minimum atomic E-state index is -3.90. The number of benzene rings is 3. The number of fused-ring (bicyclic) bond motifs is 1. The number of carbonyl (C=O) groups is 1. The smallest absolute Gasteiger partial charge is 0.338 e. The summed E-state index contributed by atoms with van der Waals surface area (Å²) in [7, 11) is -3.90. The van der Waals surface area contributed by atoms with E-state index in [2.05, 4.69) is 0 Å². The number of sulfonamides is 1. The first-order valence-electron chi connectivity index (χ1n) is 9.95. The number of esters is 1. The summed E-state index contributed by atoms with van der Waals surface area (Å²) in [5, 5.41) is 10.9. The fourth-order valence-corrected chi connectivity index (χ4v) is 5.20. The average Bonchev–Trinajstić information content (AvgIpc) is 3.24. The van der Waals surface area contributed by atoms with E-state index < -0.39 is 20.9 Å². The molecule has 0 aliphatic carbocycles. The molecule has 3 aromatic carbocycles. The number of nitro benzene ring substituents is 1. The maximum Gasteiger partial charge on any atom is 0.338 e. The molecule has 0 saturated heterocycles. The van der Waals surface area contributed by atoms with Crippen LogP contribution in [0.5, 0.6) is 0 Å². The van der Waals surface area contributed by atoms with E-state index in [0.29, 0.717) is 11.1 Å². The fourth-order valence-electron chi connectivity index (χ4n) is 3.81. The van der Waals surface area contributed by atoms with Gasteiger partial charge >= 0.3 is 5.97 Å². The lowest BCUT2D eigenvalue weighted by Gasteiger charge is -2.16. The van der Waals surface area contributed by atoms with Crippen LogP contribution in [0, 0.1) is 10.1 Å². The minimum absolute atomic E-state index is 0.0252. The van der Waals surface area contributed by atoms with Gasteiger partial charge in [-0.25, -0.2) is 13.2 Å². The number of ether oxygens (including phenoxy) is 1. The Balaban J connectivity index is 1.75. The molecule has 3 aromatic rings. The predicted molar refractivity (Wildman–Crippen MR) is 117 cm³/mol. The molecule has 0 spiro atoms. The van der Waals surface area contributed by atoms with Crippen LogP contribution in [0.25, 0.3) is 11.1 Å². The van der Waals surface area contributed by atoms with Crippen LogP contribution in [0.3, 0.4) is 0 Å². The van der Waals surface area contributed by atoms with Crippen molar-refractivity contribution in [2.75, 3.05) is 6.61 Å². The molecule has 1 aliphatic heterocycles. The number of hydrogen-bond donors (Lipinski definition) is 0. The van der Waals surface area contributed by atoms with Gasteiger partial charge in [-0.3, -0.25) is 10.1 Å². The number of nitro groups is 1. The largest absolute Gasteiger partial charge is 0.462 e. The number of carbonyl (C=O) groups excluding carboxylic acids is 1.